The van der Waals surface area contributed by atoms with Gasteiger partial charge in [0.05, 0.1) is 10.1 Å². The number of carbonyl (C=O) groups is 1. The van der Waals surface area contributed by atoms with E-state index in [0.29, 0.717) is 29.4 Å². The number of amides is 1. The van der Waals surface area contributed by atoms with Gasteiger partial charge in [0.1, 0.15) is 0 Å². The number of benzene rings is 1. The lowest BCUT2D eigenvalue weighted by molar-refractivity contribution is -0.135. The SMILES string of the molecule is O=C(C1CCCCC1)N1CCC(S(=O)(=O)c2ccc(Cl)cc2)C1. The van der Waals surface area contributed by atoms with Crippen LogP contribution in [-0.2, 0) is 14.6 Å². The standard InChI is InChI=1S/C17H22ClNO3S/c18-14-6-8-15(9-7-14)23(21,22)16-10-11-19(12-16)17(20)13-4-2-1-3-5-13/h6-9,13,16H,1-5,10-12H2. The van der Waals surface area contributed by atoms with E-state index in [1.165, 1.54) is 6.42 Å². The highest BCUT2D eigenvalue weighted by molar-refractivity contribution is 7.92. The topological polar surface area (TPSA) is 54.5 Å². The molecule has 1 aliphatic heterocycles. The van der Waals surface area contributed by atoms with E-state index in [2.05, 4.69) is 0 Å². The summed E-state index contributed by atoms with van der Waals surface area (Å²) < 4.78 is 25.4. The minimum Gasteiger partial charge on any atom is -0.341 e. The molecule has 1 aliphatic carbocycles. The van der Waals surface area contributed by atoms with Crippen molar-refractivity contribution in [3.05, 3.63) is 29.3 Å². The van der Waals surface area contributed by atoms with Crippen molar-refractivity contribution in [2.24, 2.45) is 5.92 Å². The predicted octanol–water partition coefficient (Wildman–Crippen LogP) is 3.29. The van der Waals surface area contributed by atoms with Crippen molar-refractivity contribution in [3.8, 4) is 0 Å². The maximum absolute atomic E-state index is 12.7. The summed E-state index contributed by atoms with van der Waals surface area (Å²) >= 11 is 5.82. The van der Waals surface area contributed by atoms with Crippen LogP contribution in [0.5, 0.6) is 0 Å². The molecule has 1 unspecified atom stereocenters. The Kier molecular flexibility index (Phi) is 4.97. The van der Waals surface area contributed by atoms with Gasteiger partial charge in [0.15, 0.2) is 9.84 Å². The molecule has 1 saturated heterocycles. The van der Waals surface area contributed by atoms with E-state index in [1.807, 2.05) is 0 Å². The maximum atomic E-state index is 12.7. The zero-order chi connectivity index (χ0) is 16.4. The monoisotopic (exact) mass is 355 g/mol. The first-order valence-electron chi connectivity index (χ1n) is 8.27. The predicted molar refractivity (Wildman–Crippen MR) is 90.2 cm³/mol. The van der Waals surface area contributed by atoms with Gasteiger partial charge in [-0.3, -0.25) is 4.79 Å². The number of carbonyl (C=O) groups excluding carboxylic acids is 1. The second-order valence-electron chi connectivity index (χ2n) is 6.53. The molecule has 1 saturated carbocycles. The Morgan fingerprint density at radius 3 is 2.35 bits per heavy atom. The summed E-state index contributed by atoms with van der Waals surface area (Å²) in [5, 5.41) is 0.0145. The highest BCUT2D eigenvalue weighted by atomic mass is 35.5. The molecule has 1 aromatic rings. The third-order valence-electron chi connectivity index (χ3n) is 4.99. The van der Waals surface area contributed by atoms with Gasteiger partial charge in [-0.1, -0.05) is 30.9 Å². The Labute approximate surface area is 142 Å². The summed E-state index contributed by atoms with van der Waals surface area (Å²) in [5.74, 6) is 0.249. The van der Waals surface area contributed by atoms with Crippen LogP contribution in [0.25, 0.3) is 0 Å². The molecule has 4 nitrogen and oxygen atoms in total. The summed E-state index contributed by atoms with van der Waals surface area (Å²) in [5.41, 5.74) is 0. The van der Waals surface area contributed by atoms with Crippen molar-refractivity contribution in [1.82, 2.24) is 4.90 Å². The molecule has 2 fully saturated rings. The maximum Gasteiger partial charge on any atom is 0.225 e. The van der Waals surface area contributed by atoms with E-state index in [0.717, 1.165) is 25.7 Å². The Morgan fingerprint density at radius 2 is 1.70 bits per heavy atom. The van der Waals surface area contributed by atoms with E-state index in [1.54, 1.807) is 29.2 Å². The molecule has 1 aromatic carbocycles. The van der Waals surface area contributed by atoms with Gasteiger partial charge in [-0.15, -0.1) is 0 Å². The fourth-order valence-corrected chi connectivity index (χ4v) is 5.42. The van der Waals surface area contributed by atoms with E-state index in [9.17, 15) is 13.2 Å². The number of rotatable bonds is 3. The highest BCUT2D eigenvalue weighted by Crippen LogP contribution is 2.29. The van der Waals surface area contributed by atoms with Gasteiger partial charge in [-0.2, -0.15) is 0 Å². The molecular weight excluding hydrogens is 334 g/mol. The molecule has 126 valence electrons. The summed E-state index contributed by atoms with van der Waals surface area (Å²) in [6, 6.07) is 6.27. The summed E-state index contributed by atoms with van der Waals surface area (Å²) in [6.45, 7) is 0.868. The van der Waals surface area contributed by atoms with Crippen molar-refractivity contribution < 1.29 is 13.2 Å². The molecule has 3 rings (SSSR count). The first-order valence-corrected chi connectivity index (χ1v) is 10.2. The summed E-state index contributed by atoms with van der Waals surface area (Å²) in [6.07, 6.45) is 5.84. The van der Waals surface area contributed by atoms with E-state index >= 15 is 0 Å². The van der Waals surface area contributed by atoms with E-state index < -0.39 is 15.1 Å². The Balaban J connectivity index is 1.69. The number of sulfone groups is 1. The van der Waals surface area contributed by atoms with Gasteiger partial charge in [0.25, 0.3) is 0 Å². The highest BCUT2D eigenvalue weighted by Gasteiger charge is 2.38. The fourth-order valence-electron chi connectivity index (χ4n) is 3.61. The Bertz CT molecular complexity index is 666. The minimum absolute atomic E-state index is 0.0979. The van der Waals surface area contributed by atoms with Gasteiger partial charge < -0.3 is 4.90 Å². The van der Waals surface area contributed by atoms with Crippen molar-refractivity contribution in [3.63, 3.8) is 0 Å². The fraction of sp³-hybridized carbons (Fsp3) is 0.588. The van der Waals surface area contributed by atoms with Gasteiger partial charge in [-0.25, -0.2) is 8.42 Å². The summed E-state index contributed by atoms with van der Waals surface area (Å²) in [4.78, 5) is 14.6. The lowest BCUT2D eigenvalue weighted by Gasteiger charge is -2.26. The zero-order valence-electron chi connectivity index (χ0n) is 13.1. The number of likely N-dealkylation sites (tertiary alicyclic amines) is 1. The molecule has 0 radical (unpaired) electrons. The quantitative estimate of drug-likeness (QED) is 0.836. The van der Waals surface area contributed by atoms with Crippen LogP contribution in [-0.4, -0.2) is 37.6 Å². The molecule has 1 amide bonds. The molecule has 0 spiro atoms. The minimum atomic E-state index is -3.41. The molecule has 0 bridgehead atoms. The molecule has 0 N–H and O–H groups in total. The van der Waals surface area contributed by atoms with Gasteiger partial charge in [0.2, 0.25) is 5.91 Å². The molecule has 0 aromatic heterocycles. The van der Waals surface area contributed by atoms with Crippen molar-refractivity contribution in [2.45, 2.75) is 48.7 Å². The van der Waals surface area contributed by atoms with Crippen LogP contribution in [0.2, 0.25) is 5.02 Å². The number of hydrogen-bond donors (Lipinski definition) is 0. The van der Waals surface area contributed by atoms with Gasteiger partial charge >= 0.3 is 0 Å². The first kappa shape index (κ1) is 16.8. The Hall–Kier alpha value is -1.07. The summed E-state index contributed by atoms with van der Waals surface area (Å²) in [7, 11) is -3.41. The second kappa shape index (κ2) is 6.81. The molecule has 1 atom stereocenters. The van der Waals surface area contributed by atoms with Gasteiger partial charge in [-0.05, 0) is 43.5 Å². The van der Waals surface area contributed by atoms with Crippen LogP contribution in [0.3, 0.4) is 0 Å². The van der Waals surface area contributed by atoms with Crippen LogP contribution in [0.4, 0.5) is 0 Å². The lowest BCUT2D eigenvalue weighted by atomic mass is 9.88. The van der Waals surface area contributed by atoms with Crippen LogP contribution < -0.4 is 0 Å². The van der Waals surface area contributed by atoms with E-state index in [4.69, 9.17) is 11.6 Å². The molecule has 1 heterocycles. The zero-order valence-corrected chi connectivity index (χ0v) is 14.7. The Morgan fingerprint density at radius 1 is 1.04 bits per heavy atom. The van der Waals surface area contributed by atoms with Crippen LogP contribution in [0, 0.1) is 5.92 Å². The number of hydrogen-bond acceptors (Lipinski definition) is 3. The average molecular weight is 356 g/mol. The third kappa shape index (κ3) is 3.56. The molecular formula is C17H22ClNO3S. The number of halogens is 1. The van der Waals surface area contributed by atoms with Crippen molar-refractivity contribution >= 4 is 27.3 Å². The molecule has 6 heteroatoms. The van der Waals surface area contributed by atoms with Crippen LogP contribution in [0.1, 0.15) is 38.5 Å². The van der Waals surface area contributed by atoms with Crippen molar-refractivity contribution in [2.75, 3.05) is 13.1 Å². The van der Waals surface area contributed by atoms with E-state index in [-0.39, 0.29) is 11.8 Å². The smallest absolute Gasteiger partial charge is 0.225 e. The largest absolute Gasteiger partial charge is 0.341 e. The second-order valence-corrected chi connectivity index (χ2v) is 9.19. The average Bonchev–Trinajstić information content (AvgIpc) is 3.06. The van der Waals surface area contributed by atoms with Crippen LogP contribution >= 0.6 is 11.6 Å². The van der Waals surface area contributed by atoms with Gasteiger partial charge in [0, 0.05) is 24.0 Å². The van der Waals surface area contributed by atoms with Crippen LogP contribution in [0.15, 0.2) is 29.2 Å². The number of nitrogens with zero attached hydrogens (tertiary/aromatic N) is 1. The normalized spacial score (nSPS) is 23.2. The molecule has 23 heavy (non-hydrogen) atoms. The first-order chi connectivity index (χ1) is 11.0. The third-order valence-corrected chi connectivity index (χ3v) is 7.44. The molecule has 2 aliphatic rings. The van der Waals surface area contributed by atoms with Crippen molar-refractivity contribution in [1.29, 1.82) is 0 Å². The lowest BCUT2D eigenvalue weighted by Crippen LogP contribution is -2.37.